The van der Waals surface area contributed by atoms with Crippen molar-refractivity contribution in [2.24, 2.45) is 15.7 Å². The fourth-order valence-electron chi connectivity index (χ4n) is 4.18. The van der Waals surface area contributed by atoms with E-state index in [0.29, 0.717) is 5.70 Å². The maximum atomic E-state index is 6.37. The van der Waals surface area contributed by atoms with Crippen LogP contribution < -0.4 is 10.6 Å². The van der Waals surface area contributed by atoms with Crippen LogP contribution >= 0.6 is 0 Å². The highest BCUT2D eigenvalue weighted by Crippen LogP contribution is 2.34. The van der Waals surface area contributed by atoms with Gasteiger partial charge in [0, 0.05) is 12.7 Å². The van der Waals surface area contributed by atoms with Gasteiger partial charge in [0.05, 0.1) is 62.9 Å². The molecule has 0 aromatic carbocycles. The van der Waals surface area contributed by atoms with Crippen LogP contribution in [-0.4, -0.2) is 72.3 Å². The molecule has 0 atom stereocenters. The van der Waals surface area contributed by atoms with E-state index in [4.69, 9.17) is 15.8 Å². The molecule has 0 bridgehead atoms. The Balaban J connectivity index is 1.59. The number of nitrogens with two attached hydrogens (primary N) is 1. The fourth-order valence-corrected chi connectivity index (χ4v) is 4.18. The van der Waals surface area contributed by atoms with Gasteiger partial charge in [-0.05, 0) is 42.7 Å². The SMILES string of the molecule is C[N+]1(C)CCN(c2nn3ccccc3c2/N=C2\C=C3CCCN=C3C=C2N)CC1. The van der Waals surface area contributed by atoms with E-state index in [1.807, 2.05) is 28.9 Å². The molecule has 1 aliphatic carbocycles. The van der Waals surface area contributed by atoms with Gasteiger partial charge in [-0.1, -0.05) is 6.07 Å². The molecule has 3 aliphatic rings. The quantitative estimate of drug-likeness (QED) is 0.632. The Labute approximate surface area is 171 Å². The lowest BCUT2D eigenvalue weighted by molar-refractivity contribution is -0.890. The van der Waals surface area contributed by atoms with Crippen LogP contribution in [0.1, 0.15) is 12.8 Å². The van der Waals surface area contributed by atoms with E-state index in [0.717, 1.165) is 78.5 Å². The summed E-state index contributed by atoms with van der Waals surface area (Å²) in [6.07, 6.45) is 8.18. The van der Waals surface area contributed by atoms with E-state index in [1.165, 1.54) is 5.57 Å². The first-order chi connectivity index (χ1) is 14.0. The van der Waals surface area contributed by atoms with E-state index in [2.05, 4.69) is 36.1 Å². The summed E-state index contributed by atoms with van der Waals surface area (Å²) >= 11 is 0. The summed E-state index contributed by atoms with van der Waals surface area (Å²) < 4.78 is 2.96. The highest BCUT2D eigenvalue weighted by Gasteiger charge is 2.28. The Morgan fingerprint density at radius 3 is 2.79 bits per heavy atom. The molecule has 7 heteroatoms. The molecule has 1 fully saturated rings. The maximum Gasteiger partial charge on any atom is 0.178 e. The van der Waals surface area contributed by atoms with Crippen LogP contribution in [0, 0.1) is 0 Å². The summed E-state index contributed by atoms with van der Waals surface area (Å²) in [5.74, 6) is 0.942. The van der Waals surface area contributed by atoms with Crippen molar-refractivity contribution in [3.63, 3.8) is 0 Å². The van der Waals surface area contributed by atoms with Crippen molar-refractivity contribution in [3.05, 3.63) is 47.8 Å². The van der Waals surface area contributed by atoms with Crippen molar-refractivity contribution in [2.75, 3.05) is 51.7 Å². The van der Waals surface area contributed by atoms with Gasteiger partial charge in [-0.25, -0.2) is 9.51 Å². The first kappa shape index (κ1) is 18.1. The first-order valence-electron chi connectivity index (χ1n) is 10.4. The number of piperazine rings is 1. The van der Waals surface area contributed by atoms with Gasteiger partial charge < -0.3 is 15.1 Å². The molecule has 2 aliphatic heterocycles. The summed E-state index contributed by atoms with van der Waals surface area (Å²) in [5, 5.41) is 4.88. The van der Waals surface area contributed by atoms with E-state index in [9.17, 15) is 0 Å². The molecule has 0 saturated carbocycles. The highest BCUT2D eigenvalue weighted by molar-refractivity contribution is 6.24. The molecule has 7 nitrogen and oxygen atoms in total. The van der Waals surface area contributed by atoms with Gasteiger partial charge >= 0.3 is 0 Å². The molecule has 2 aromatic rings. The molecule has 4 heterocycles. The normalized spacial score (nSPS) is 22.9. The summed E-state index contributed by atoms with van der Waals surface area (Å²) in [4.78, 5) is 12.0. The van der Waals surface area contributed by atoms with Crippen LogP contribution in [-0.2, 0) is 0 Å². The topological polar surface area (TPSA) is 71.3 Å². The molecule has 0 unspecified atom stereocenters. The Morgan fingerprint density at radius 2 is 1.97 bits per heavy atom. The molecule has 0 spiro atoms. The molecule has 5 rings (SSSR count). The third-order valence-electron chi connectivity index (χ3n) is 6.09. The number of hydrogen-bond donors (Lipinski definition) is 1. The lowest BCUT2D eigenvalue weighted by atomic mass is 9.94. The van der Waals surface area contributed by atoms with Gasteiger partial charge in [0.2, 0.25) is 0 Å². The molecule has 150 valence electrons. The number of aromatic nitrogens is 2. The monoisotopic (exact) mass is 390 g/mol. The summed E-state index contributed by atoms with van der Waals surface area (Å²) in [6, 6.07) is 6.10. The van der Waals surface area contributed by atoms with Crippen molar-refractivity contribution in [1.29, 1.82) is 0 Å². The summed E-state index contributed by atoms with van der Waals surface area (Å²) in [7, 11) is 4.57. The van der Waals surface area contributed by atoms with E-state index in [1.54, 1.807) is 0 Å². The number of anilines is 1. The van der Waals surface area contributed by atoms with Gasteiger partial charge in [-0.3, -0.25) is 4.99 Å². The number of fused-ring (bicyclic) bond motifs is 2. The van der Waals surface area contributed by atoms with Crippen molar-refractivity contribution >= 4 is 28.4 Å². The van der Waals surface area contributed by atoms with Crippen molar-refractivity contribution < 1.29 is 4.48 Å². The number of aliphatic imine (C=N–C) groups is 2. The van der Waals surface area contributed by atoms with Gasteiger partial charge in [-0.2, -0.15) is 0 Å². The third kappa shape index (κ3) is 3.35. The van der Waals surface area contributed by atoms with Crippen LogP contribution in [0.15, 0.2) is 57.8 Å². The Kier molecular flexibility index (Phi) is 4.28. The van der Waals surface area contributed by atoms with E-state index in [-0.39, 0.29) is 0 Å². The lowest BCUT2D eigenvalue weighted by Gasteiger charge is -2.39. The second-order valence-corrected chi connectivity index (χ2v) is 8.71. The molecule has 2 aromatic heterocycles. The Morgan fingerprint density at radius 1 is 1.14 bits per heavy atom. The largest absolute Gasteiger partial charge is 0.397 e. The number of allylic oxidation sites excluding steroid dienone is 3. The summed E-state index contributed by atoms with van der Waals surface area (Å²) in [6.45, 7) is 5.01. The van der Waals surface area contributed by atoms with Crippen molar-refractivity contribution in [2.45, 2.75) is 12.8 Å². The zero-order valence-corrected chi connectivity index (χ0v) is 17.2. The van der Waals surface area contributed by atoms with Crippen LogP contribution in [0.5, 0.6) is 0 Å². The number of quaternary nitrogens is 1. The minimum atomic E-state index is 0.673. The van der Waals surface area contributed by atoms with E-state index < -0.39 is 0 Å². The van der Waals surface area contributed by atoms with E-state index >= 15 is 0 Å². The minimum Gasteiger partial charge on any atom is -0.397 e. The van der Waals surface area contributed by atoms with Crippen LogP contribution in [0.3, 0.4) is 0 Å². The van der Waals surface area contributed by atoms with Gasteiger partial charge in [0.15, 0.2) is 5.82 Å². The van der Waals surface area contributed by atoms with Gasteiger partial charge in [0.25, 0.3) is 0 Å². The molecule has 1 saturated heterocycles. The number of hydrogen-bond acceptors (Lipinski definition) is 5. The van der Waals surface area contributed by atoms with Crippen LogP contribution in [0.25, 0.3) is 5.52 Å². The zero-order chi connectivity index (χ0) is 20.0. The smallest absolute Gasteiger partial charge is 0.178 e. The predicted octanol–water partition coefficient (Wildman–Crippen LogP) is 2.32. The van der Waals surface area contributed by atoms with Crippen molar-refractivity contribution in [3.8, 4) is 0 Å². The maximum absolute atomic E-state index is 6.37. The molecule has 29 heavy (non-hydrogen) atoms. The summed E-state index contributed by atoms with van der Waals surface area (Å²) in [5.41, 5.74) is 12.0. The Hall–Kier alpha value is -2.93. The molecular formula is C22H28N7+. The van der Waals surface area contributed by atoms with Gasteiger partial charge in [0.1, 0.15) is 5.69 Å². The third-order valence-corrected chi connectivity index (χ3v) is 6.09. The molecule has 2 N–H and O–H groups in total. The molecule has 0 radical (unpaired) electrons. The second-order valence-electron chi connectivity index (χ2n) is 8.71. The number of pyridine rings is 1. The minimum absolute atomic E-state index is 0.673. The molecular weight excluding hydrogens is 362 g/mol. The van der Waals surface area contributed by atoms with Crippen LogP contribution in [0.2, 0.25) is 0 Å². The number of likely N-dealkylation sites (N-methyl/N-ethyl adjacent to an activating group) is 1. The van der Waals surface area contributed by atoms with Gasteiger partial charge in [-0.15, -0.1) is 5.10 Å². The fraction of sp³-hybridized carbons (Fsp3) is 0.409. The number of rotatable bonds is 2. The van der Waals surface area contributed by atoms with Crippen molar-refractivity contribution in [1.82, 2.24) is 9.61 Å². The second kappa shape index (κ2) is 6.84. The zero-order valence-electron chi connectivity index (χ0n) is 17.2. The highest BCUT2D eigenvalue weighted by atomic mass is 15.4. The standard InChI is InChI=1S/C22H28N7/c1-29(2)12-10-27(11-13-29)22-21(20-7-3-4-9-28(20)26-22)25-19-14-16-6-5-8-24-18(16)15-17(19)23/h3-4,7,9,14-15H,5-6,8,10-13,23H2,1-2H3/q+1/b25-19+. The first-order valence-corrected chi connectivity index (χ1v) is 10.4. The van der Waals surface area contributed by atoms with Crippen LogP contribution in [0.4, 0.5) is 11.5 Å². The number of nitrogens with zero attached hydrogens (tertiary/aromatic N) is 6. The predicted molar refractivity (Wildman–Crippen MR) is 118 cm³/mol. The lowest BCUT2D eigenvalue weighted by Crippen LogP contribution is -2.55. The average Bonchev–Trinajstić information content (AvgIpc) is 3.07. The Bertz CT molecular complexity index is 1070. The molecule has 0 amide bonds. The average molecular weight is 391 g/mol.